The van der Waals surface area contributed by atoms with Gasteiger partial charge in [-0.25, -0.2) is 9.18 Å². The van der Waals surface area contributed by atoms with Gasteiger partial charge in [0.25, 0.3) is 5.91 Å². The molecule has 6 nitrogen and oxygen atoms in total. The summed E-state index contributed by atoms with van der Waals surface area (Å²) >= 11 is 0. The first kappa shape index (κ1) is 20.3. The summed E-state index contributed by atoms with van der Waals surface area (Å²) in [6.07, 6.45) is 2.71. The number of carbonyl (C=O) groups excluding carboxylic acids is 3. The molecule has 0 aliphatic rings. The Kier molecular flexibility index (Phi) is 7.29. The van der Waals surface area contributed by atoms with E-state index in [1.54, 1.807) is 27.7 Å². The number of allylic oxidation sites excluding steroid dienone is 1. The minimum atomic E-state index is -0.649. The summed E-state index contributed by atoms with van der Waals surface area (Å²) < 4.78 is 17.7. The molecule has 1 aromatic rings. The van der Waals surface area contributed by atoms with Crippen molar-refractivity contribution in [2.45, 2.75) is 33.2 Å². The second kappa shape index (κ2) is 8.96. The molecule has 1 rings (SSSR count). The van der Waals surface area contributed by atoms with Gasteiger partial charge in [-0.1, -0.05) is 6.08 Å². The van der Waals surface area contributed by atoms with Gasteiger partial charge in [0.15, 0.2) is 6.61 Å². The maximum atomic E-state index is 12.9. The number of anilines is 1. The van der Waals surface area contributed by atoms with Crippen LogP contribution in [0.15, 0.2) is 36.4 Å². The van der Waals surface area contributed by atoms with E-state index in [1.165, 1.54) is 41.3 Å². The average molecular weight is 350 g/mol. The third-order valence-electron chi connectivity index (χ3n) is 3.18. The number of hydrogen-bond donors (Lipinski definition) is 1. The molecule has 7 heteroatoms. The summed E-state index contributed by atoms with van der Waals surface area (Å²) in [7, 11) is 0. The molecule has 0 fully saturated rings. The molecule has 0 atom stereocenters. The summed E-state index contributed by atoms with van der Waals surface area (Å²) in [5.74, 6) is -1.96. The lowest BCUT2D eigenvalue weighted by molar-refractivity contribution is -0.151. The minimum absolute atomic E-state index is 0.221. The highest BCUT2D eigenvalue weighted by Crippen LogP contribution is 2.15. The van der Waals surface area contributed by atoms with Crippen molar-refractivity contribution in [1.29, 1.82) is 0 Å². The van der Waals surface area contributed by atoms with Crippen LogP contribution >= 0.6 is 0 Å². The van der Waals surface area contributed by atoms with Gasteiger partial charge in [0.05, 0.1) is 0 Å². The molecule has 0 aliphatic carbocycles. The van der Waals surface area contributed by atoms with E-state index in [9.17, 15) is 18.8 Å². The molecule has 0 saturated carbocycles. The number of nitrogens with zero attached hydrogens (tertiary/aromatic N) is 1. The van der Waals surface area contributed by atoms with E-state index >= 15 is 0 Å². The number of esters is 1. The van der Waals surface area contributed by atoms with Gasteiger partial charge < -0.3 is 15.0 Å². The zero-order valence-corrected chi connectivity index (χ0v) is 14.8. The summed E-state index contributed by atoms with van der Waals surface area (Å²) in [5, 5.41) is 2.59. The number of amides is 2. The number of halogens is 1. The van der Waals surface area contributed by atoms with Crippen molar-refractivity contribution in [3.63, 3.8) is 0 Å². The predicted octanol–water partition coefficient (Wildman–Crippen LogP) is 2.51. The van der Waals surface area contributed by atoms with Crippen LogP contribution in [0.5, 0.6) is 0 Å². The van der Waals surface area contributed by atoms with Crippen molar-refractivity contribution in [1.82, 2.24) is 4.90 Å². The lowest BCUT2D eigenvalue weighted by Gasteiger charge is -2.35. The van der Waals surface area contributed by atoms with Gasteiger partial charge in [-0.3, -0.25) is 9.59 Å². The van der Waals surface area contributed by atoms with Gasteiger partial charge in [0.2, 0.25) is 5.91 Å². The van der Waals surface area contributed by atoms with Crippen LogP contribution in [0.3, 0.4) is 0 Å². The normalized spacial score (nSPS) is 11.2. The van der Waals surface area contributed by atoms with Crippen molar-refractivity contribution in [2.75, 3.05) is 18.5 Å². The molecule has 0 heterocycles. The van der Waals surface area contributed by atoms with Crippen molar-refractivity contribution >= 4 is 23.5 Å². The summed E-state index contributed by atoms with van der Waals surface area (Å²) in [6.45, 7) is 6.28. The van der Waals surface area contributed by atoms with E-state index in [1.807, 2.05) is 0 Å². The number of nitrogens with one attached hydrogen (secondary N) is 1. The van der Waals surface area contributed by atoms with Crippen LogP contribution in [0.1, 0.15) is 27.7 Å². The molecular weight excluding hydrogens is 327 g/mol. The molecule has 0 radical (unpaired) electrons. The quantitative estimate of drug-likeness (QED) is 0.632. The fourth-order valence-corrected chi connectivity index (χ4v) is 1.97. The second-order valence-electron chi connectivity index (χ2n) is 6.31. The van der Waals surface area contributed by atoms with E-state index in [0.29, 0.717) is 5.69 Å². The average Bonchev–Trinajstić information content (AvgIpc) is 2.52. The van der Waals surface area contributed by atoms with Crippen molar-refractivity contribution in [2.24, 2.45) is 0 Å². The first-order valence-corrected chi connectivity index (χ1v) is 7.79. The monoisotopic (exact) mass is 350 g/mol. The van der Waals surface area contributed by atoms with E-state index in [4.69, 9.17) is 4.74 Å². The number of carbonyl (C=O) groups is 3. The number of hydrogen-bond acceptors (Lipinski definition) is 4. The molecule has 25 heavy (non-hydrogen) atoms. The largest absolute Gasteiger partial charge is 0.452 e. The Morgan fingerprint density at radius 2 is 1.80 bits per heavy atom. The van der Waals surface area contributed by atoms with Gasteiger partial charge in [-0.2, -0.15) is 0 Å². The van der Waals surface area contributed by atoms with E-state index in [-0.39, 0.29) is 6.54 Å². The first-order chi connectivity index (χ1) is 11.6. The Morgan fingerprint density at radius 1 is 1.20 bits per heavy atom. The van der Waals surface area contributed by atoms with Crippen LogP contribution in [0.25, 0.3) is 0 Å². The summed E-state index contributed by atoms with van der Waals surface area (Å²) in [4.78, 5) is 37.1. The highest BCUT2D eigenvalue weighted by Gasteiger charge is 2.29. The van der Waals surface area contributed by atoms with Crippen LogP contribution in [0.2, 0.25) is 0 Å². The maximum absolute atomic E-state index is 12.9. The highest BCUT2D eigenvalue weighted by atomic mass is 19.1. The highest BCUT2D eigenvalue weighted by molar-refractivity contribution is 5.95. The molecule has 1 aromatic carbocycles. The van der Waals surface area contributed by atoms with Crippen LogP contribution in [0, 0.1) is 5.82 Å². The number of benzene rings is 1. The molecule has 1 N–H and O–H groups in total. The molecule has 0 aliphatic heterocycles. The first-order valence-electron chi connectivity index (χ1n) is 7.79. The smallest absolute Gasteiger partial charge is 0.330 e. The van der Waals surface area contributed by atoms with Gasteiger partial charge >= 0.3 is 5.97 Å². The molecule has 2 amide bonds. The van der Waals surface area contributed by atoms with E-state index in [0.717, 1.165) is 0 Å². The van der Waals surface area contributed by atoms with Gasteiger partial charge in [-0.15, -0.1) is 0 Å². The second-order valence-corrected chi connectivity index (χ2v) is 6.31. The lowest BCUT2D eigenvalue weighted by Crippen LogP contribution is -2.50. The van der Waals surface area contributed by atoms with Crippen LogP contribution in [0.4, 0.5) is 10.1 Å². The van der Waals surface area contributed by atoms with Crippen LogP contribution in [-0.4, -0.2) is 41.4 Å². The zero-order valence-electron chi connectivity index (χ0n) is 14.8. The van der Waals surface area contributed by atoms with E-state index in [2.05, 4.69) is 5.32 Å². The standard InChI is InChI=1S/C18H23FN2O4/c1-5-6-17(24)25-12-16(23)21(18(2,3)4)11-15(22)20-14-9-7-13(19)8-10-14/h5-10H,11-12H2,1-4H3,(H,20,22)/b6-5+. The zero-order chi connectivity index (χ0) is 19.0. The Hall–Kier alpha value is -2.70. The molecule has 0 bridgehead atoms. The summed E-state index contributed by atoms with van der Waals surface area (Å²) in [6, 6.07) is 5.30. The van der Waals surface area contributed by atoms with Gasteiger partial charge in [0.1, 0.15) is 12.4 Å². The van der Waals surface area contributed by atoms with E-state index < -0.39 is 35.7 Å². The fraction of sp³-hybridized carbons (Fsp3) is 0.389. The third-order valence-corrected chi connectivity index (χ3v) is 3.18. The van der Waals surface area contributed by atoms with Gasteiger partial charge in [-0.05, 0) is 52.0 Å². The molecule has 136 valence electrons. The number of ether oxygens (including phenoxy) is 1. The SMILES string of the molecule is C/C=C/C(=O)OCC(=O)N(CC(=O)Nc1ccc(F)cc1)C(C)(C)C. The minimum Gasteiger partial charge on any atom is -0.452 e. The van der Waals surface area contributed by atoms with Crippen molar-refractivity contribution in [3.8, 4) is 0 Å². The summed E-state index contributed by atoms with van der Waals surface area (Å²) in [5.41, 5.74) is -0.225. The fourth-order valence-electron chi connectivity index (χ4n) is 1.97. The molecular formula is C18H23FN2O4. The lowest BCUT2D eigenvalue weighted by atomic mass is 10.1. The Morgan fingerprint density at radius 3 is 2.32 bits per heavy atom. The van der Waals surface area contributed by atoms with Crippen molar-refractivity contribution < 1.29 is 23.5 Å². The van der Waals surface area contributed by atoms with Crippen LogP contribution < -0.4 is 5.32 Å². The Labute approximate surface area is 146 Å². The predicted molar refractivity (Wildman–Crippen MR) is 92.3 cm³/mol. The van der Waals surface area contributed by atoms with Gasteiger partial charge in [0, 0.05) is 17.3 Å². The Bertz CT molecular complexity index is 648. The molecule has 0 saturated heterocycles. The van der Waals surface area contributed by atoms with Crippen LogP contribution in [-0.2, 0) is 19.1 Å². The topological polar surface area (TPSA) is 75.7 Å². The number of rotatable bonds is 6. The maximum Gasteiger partial charge on any atom is 0.330 e. The molecule has 0 spiro atoms. The third kappa shape index (κ3) is 7.15. The Balaban J connectivity index is 2.72. The molecule has 0 unspecified atom stereocenters. The van der Waals surface area contributed by atoms with Crippen molar-refractivity contribution in [3.05, 3.63) is 42.2 Å². The molecule has 0 aromatic heterocycles.